The van der Waals surface area contributed by atoms with E-state index in [2.05, 4.69) is 25.5 Å². The van der Waals surface area contributed by atoms with Gasteiger partial charge in [0.2, 0.25) is 0 Å². The number of halogens is 1. The zero-order valence-corrected chi connectivity index (χ0v) is 12.2. The molecule has 0 bridgehead atoms. The smallest absolute Gasteiger partial charge is 0.148 e. The molecule has 3 aromatic rings. The van der Waals surface area contributed by atoms with Crippen LogP contribution in [0.15, 0.2) is 35.4 Å². The molecule has 5 nitrogen and oxygen atoms in total. The van der Waals surface area contributed by atoms with E-state index in [1.807, 2.05) is 18.4 Å². The molecule has 1 aromatic carbocycles. The van der Waals surface area contributed by atoms with Crippen molar-refractivity contribution in [3.8, 4) is 0 Å². The van der Waals surface area contributed by atoms with Gasteiger partial charge >= 0.3 is 0 Å². The molecule has 0 spiro atoms. The number of aromatic nitrogens is 4. The van der Waals surface area contributed by atoms with Crippen molar-refractivity contribution in [2.45, 2.75) is 11.4 Å². The van der Waals surface area contributed by atoms with E-state index in [4.69, 9.17) is 0 Å². The number of aromatic amines is 1. The van der Waals surface area contributed by atoms with Gasteiger partial charge in [-0.05, 0) is 36.6 Å². The molecule has 0 amide bonds. The molecule has 0 fully saturated rings. The summed E-state index contributed by atoms with van der Waals surface area (Å²) in [6, 6.07) is 8.35. The van der Waals surface area contributed by atoms with Crippen molar-refractivity contribution in [3.05, 3.63) is 42.0 Å². The first-order valence-corrected chi connectivity index (χ1v) is 7.73. The van der Waals surface area contributed by atoms with Gasteiger partial charge in [0.1, 0.15) is 22.5 Å². The number of thioether (sulfide) groups is 1. The molecule has 0 atom stereocenters. The van der Waals surface area contributed by atoms with Crippen LogP contribution in [0.4, 0.5) is 10.2 Å². The third kappa shape index (κ3) is 3.30. The molecule has 21 heavy (non-hydrogen) atoms. The third-order valence-electron chi connectivity index (χ3n) is 3.01. The summed E-state index contributed by atoms with van der Waals surface area (Å²) in [6.07, 6.45) is 2.66. The Morgan fingerprint density at radius 2 is 2.14 bits per heavy atom. The molecule has 0 aliphatic rings. The largest absolute Gasteiger partial charge is 0.368 e. The van der Waals surface area contributed by atoms with Crippen LogP contribution in [0.3, 0.4) is 0 Å². The van der Waals surface area contributed by atoms with Crippen LogP contribution in [-0.2, 0) is 6.42 Å². The zero-order chi connectivity index (χ0) is 14.7. The van der Waals surface area contributed by atoms with Crippen LogP contribution in [0.2, 0.25) is 0 Å². The van der Waals surface area contributed by atoms with Gasteiger partial charge in [-0.1, -0.05) is 0 Å². The van der Waals surface area contributed by atoms with Crippen LogP contribution in [0.25, 0.3) is 11.0 Å². The van der Waals surface area contributed by atoms with Gasteiger partial charge in [-0.15, -0.1) is 22.0 Å². The van der Waals surface area contributed by atoms with Gasteiger partial charge in [-0.2, -0.15) is 0 Å². The average molecular weight is 303 g/mol. The zero-order valence-electron chi connectivity index (χ0n) is 11.4. The van der Waals surface area contributed by atoms with Crippen LogP contribution >= 0.6 is 11.8 Å². The van der Waals surface area contributed by atoms with Gasteiger partial charge in [-0.3, -0.25) is 0 Å². The highest BCUT2D eigenvalue weighted by molar-refractivity contribution is 7.98. The SMILES string of the molecule is CSc1ccc(NCCc2nc3ccc(F)cc3[nH]2)nn1. The molecule has 0 aliphatic heterocycles. The number of nitrogens with one attached hydrogen (secondary N) is 2. The number of hydrogen-bond donors (Lipinski definition) is 2. The Morgan fingerprint density at radius 1 is 1.24 bits per heavy atom. The Morgan fingerprint density at radius 3 is 2.90 bits per heavy atom. The Labute approximate surface area is 125 Å². The maximum Gasteiger partial charge on any atom is 0.148 e. The molecule has 2 heterocycles. The Kier molecular flexibility index (Phi) is 4.01. The maximum absolute atomic E-state index is 13.1. The molecule has 2 N–H and O–H groups in total. The lowest BCUT2D eigenvalue weighted by molar-refractivity contribution is 0.629. The molecule has 0 saturated carbocycles. The van der Waals surface area contributed by atoms with Gasteiger partial charge in [-0.25, -0.2) is 9.37 Å². The van der Waals surface area contributed by atoms with Crippen LogP contribution in [-0.4, -0.2) is 33.0 Å². The Bertz CT molecular complexity index is 741. The molecule has 2 aromatic heterocycles. The molecule has 0 saturated heterocycles. The van der Waals surface area contributed by atoms with Crippen LogP contribution in [0.1, 0.15) is 5.82 Å². The highest BCUT2D eigenvalue weighted by Gasteiger charge is 2.04. The first-order valence-electron chi connectivity index (χ1n) is 6.50. The van der Waals surface area contributed by atoms with Gasteiger partial charge in [0.15, 0.2) is 0 Å². The van der Waals surface area contributed by atoms with Gasteiger partial charge in [0.25, 0.3) is 0 Å². The maximum atomic E-state index is 13.1. The fourth-order valence-electron chi connectivity index (χ4n) is 1.99. The summed E-state index contributed by atoms with van der Waals surface area (Å²) in [5.41, 5.74) is 1.49. The average Bonchev–Trinajstić information content (AvgIpc) is 2.89. The lowest BCUT2D eigenvalue weighted by Crippen LogP contribution is -2.07. The summed E-state index contributed by atoms with van der Waals surface area (Å²) < 4.78 is 13.1. The molecule has 3 rings (SSSR count). The predicted molar refractivity (Wildman–Crippen MR) is 82.1 cm³/mol. The molecular weight excluding hydrogens is 289 g/mol. The number of benzene rings is 1. The third-order valence-corrected chi connectivity index (χ3v) is 3.65. The van der Waals surface area contributed by atoms with E-state index in [0.29, 0.717) is 18.5 Å². The fraction of sp³-hybridized carbons (Fsp3) is 0.214. The molecular formula is C14H14FN5S. The molecule has 108 valence electrons. The Balaban J connectivity index is 1.60. The predicted octanol–water partition coefficient (Wildman–Crippen LogP) is 2.87. The number of hydrogen-bond acceptors (Lipinski definition) is 5. The Hall–Kier alpha value is -2.15. The summed E-state index contributed by atoms with van der Waals surface area (Å²) in [5, 5.41) is 12.2. The van der Waals surface area contributed by atoms with Crippen molar-refractivity contribution in [2.24, 2.45) is 0 Å². The van der Waals surface area contributed by atoms with E-state index < -0.39 is 0 Å². The van der Waals surface area contributed by atoms with Crippen molar-refractivity contribution in [2.75, 3.05) is 18.1 Å². The summed E-state index contributed by atoms with van der Waals surface area (Å²) in [6.45, 7) is 0.676. The van der Waals surface area contributed by atoms with Crippen LogP contribution in [0, 0.1) is 5.82 Å². The van der Waals surface area contributed by atoms with Crippen molar-refractivity contribution >= 4 is 28.6 Å². The van der Waals surface area contributed by atoms with E-state index in [9.17, 15) is 4.39 Å². The number of nitrogens with zero attached hydrogens (tertiary/aromatic N) is 3. The number of rotatable bonds is 5. The lowest BCUT2D eigenvalue weighted by atomic mass is 10.3. The number of imidazole rings is 1. The molecule has 0 radical (unpaired) electrons. The van der Waals surface area contributed by atoms with Gasteiger partial charge < -0.3 is 10.3 Å². The van der Waals surface area contributed by atoms with Crippen molar-refractivity contribution in [3.63, 3.8) is 0 Å². The molecule has 0 unspecified atom stereocenters. The summed E-state index contributed by atoms with van der Waals surface area (Å²) >= 11 is 1.55. The van der Waals surface area contributed by atoms with E-state index in [-0.39, 0.29) is 5.82 Å². The second-order valence-corrected chi connectivity index (χ2v) is 5.31. The highest BCUT2D eigenvalue weighted by atomic mass is 32.2. The summed E-state index contributed by atoms with van der Waals surface area (Å²) in [5.74, 6) is 1.28. The van der Waals surface area contributed by atoms with Crippen molar-refractivity contribution < 1.29 is 4.39 Å². The van der Waals surface area contributed by atoms with Crippen molar-refractivity contribution in [1.29, 1.82) is 0 Å². The fourth-order valence-corrected chi connectivity index (χ4v) is 2.31. The van der Waals surface area contributed by atoms with E-state index >= 15 is 0 Å². The second-order valence-electron chi connectivity index (χ2n) is 4.48. The van der Waals surface area contributed by atoms with Gasteiger partial charge in [0, 0.05) is 13.0 Å². The monoisotopic (exact) mass is 303 g/mol. The van der Waals surface area contributed by atoms with Crippen molar-refractivity contribution in [1.82, 2.24) is 20.2 Å². The lowest BCUT2D eigenvalue weighted by Gasteiger charge is -2.03. The number of anilines is 1. The topological polar surface area (TPSA) is 66.5 Å². The summed E-state index contributed by atoms with van der Waals surface area (Å²) in [7, 11) is 0. The quantitative estimate of drug-likeness (QED) is 0.709. The number of H-pyrrole nitrogens is 1. The molecule has 0 aliphatic carbocycles. The minimum Gasteiger partial charge on any atom is -0.368 e. The standard InChI is InChI=1S/C14H14FN5S/c1-21-14-5-4-12(19-20-14)16-7-6-13-17-10-3-2-9(15)8-11(10)18-13/h2-5,8H,6-7H2,1H3,(H,16,19)(H,17,18). The van der Waals surface area contributed by atoms with Crippen LogP contribution in [0.5, 0.6) is 0 Å². The minimum absolute atomic E-state index is 0.264. The highest BCUT2D eigenvalue weighted by Crippen LogP contribution is 2.14. The number of fused-ring (bicyclic) bond motifs is 1. The van der Waals surface area contributed by atoms with E-state index in [1.54, 1.807) is 17.8 Å². The minimum atomic E-state index is -0.264. The van der Waals surface area contributed by atoms with Gasteiger partial charge in [0.05, 0.1) is 11.0 Å². The second kappa shape index (κ2) is 6.09. The first kappa shape index (κ1) is 13.8. The summed E-state index contributed by atoms with van der Waals surface area (Å²) in [4.78, 5) is 7.52. The normalized spacial score (nSPS) is 11.0. The molecule has 7 heteroatoms. The first-order chi connectivity index (χ1) is 10.2. The van der Waals surface area contributed by atoms with Crippen LogP contribution < -0.4 is 5.32 Å². The van der Waals surface area contributed by atoms with E-state index in [1.165, 1.54) is 12.1 Å². The van der Waals surface area contributed by atoms with E-state index in [0.717, 1.165) is 22.2 Å².